The van der Waals surface area contributed by atoms with Crippen molar-refractivity contribution >= 4 is 39.5 Å². The van der Waals surface area contributed by atoms with Crippen molar-refractivity contribution in [2.75, 3.05) is 11.7 Å². The molecule has 0 aliphatic heterocycles. The molecule has 7 heteroatoms. The van der Waals surface area contributed by atoms with Crippen molar-refractivity contribution in [2.24, 2.45) is 0 Å². The number of hydrogen-bond acceptors (Lipinski definition) is 5. The highest BCUT2D eigenvalue weighted by atomic mass is 127. The Morgan fingerprint density at radius 3 is 2.79 bits per heavy atom. The molecule has 0 aliphatic carbocycles. The molecule has 0 saturated heterocycles. The third-order valence-corrected chi connectivity index (χ3v) is 4.75. The average molecular weight is 484 g/mol. The number of hydrogen-bond donors (Lipinski definition) is 2. The molecule has 2 N–H and O–H groups in total. The first-order chi connectivity index (χ1) is 13.7. The molecule has 0 spiro atoms. The molecule has 0 amide bonds. The lowest BCUT2D eigenvalue weighted by atomic mass is 10.0. The summed E-state index contributed by atoms with van der Waals surface area (Å²) < 4.78 is 11.2. The Balaban J connectivity index is 1.81. The second-order valence-corrected chi connectivity index (χ2v) is 6.68. The summed E-state index contributed by atoms with van der Waals surface area (Å²) in [5.41, 5.74) is 5.06. The van der Waals surface area contributed by atoms with E-state index in [0.29, 0.717) is 10.3 Å². The van der Waals surface area contributed by atoms with Gasteiger partial charge in [0.2, 0.25) is 5.90 Å². The number of para-hydroxylation sites is 1. The number of nitrogens with zero attached hydrogens (tertiary/aromatic N) is 2. The SMILES string of the molecule is COc1ccccc1-c1[nH]nc2ncc(-c3cccc(C(=N)OCI)c3)cc12. The molecule has 6 nitrogen and oxygen atoms in total. The van der Waals surface area contributed by atoms with E-state index < -0.39 is 0 Å². The highest BCUT2D eigenvalue weighted by Crippen LogP contribution is 2.34. The van der Waals surface area contributed by atoms with Gasteiger partial charge in [0.25, 0.3) is 0 Å². The molecular weight excluding hydrogens is 467 g/mol. The van der Waals surface area contributed by atoms with E-state index in [0.717, 1.165) is 39.1 Å². The predicted molar refractivity (Wildman–Crippen MR) is 118 cm³/mol. The van der Waals surface area contributed by atoms with E-state index in [1.807, 2.05) is 48.5 Å². The molecule has 0 atom stereocenters. The summed E-state index contributed by atoms with van der Waals surface area (Å²) >= 11 is 2.08. The van der Waals surface area contributed by atoms with Crippen LogP contribution in [-0.4, -0.2) is 32.8 Å². The van der Waals surface area contributed by atoms with Crippen molar-refractivity contribution in [1.29, 1.82) is 5.41 Å². The topological polar surface area (TPSA) is 83.9 Å². The second kappa shape index (κ2) is 7.97. The van der Waals surface area contributed by atoms with Crippen LogP contribution >= 0.6 is 22.6 Å². The highest BCUT2D eigenvalue weighted by molar-refractivity contribution is 14.1. The van der Waals surface area contributed by atoms with E-state index >= 15 is 0 Å². The van der Waals surface area contributed by atoms with Crippen LogP contribution in [0.25, 0.3) is 33.4 Å². The van der Waals surface area contributed by atoms with Gasteiger partial charge in [-0.05, 0) is 58.5 Å². The summed E-state index contributed by atoms with van der Waals surface area (Å²) in [6.07, 6.45) is 1.79. The number of rotatable bonds is 5. The van der Waals surface area contributed by atoms with Crippen LogP contribution in [0.4, 0.5) is 0 Å². The summed E-state index contributed by atoms with van der Waals surface area (Å²) in [4.78, 5) is 4.50. The normalized spacial score (nSPS) is 10.8. The number of aromatic amines is 1. The lowest BCUT2D eigenvalue weighted by molar-refractivity contribution is 0.390. The van der Waals surface area contributed by atoms with Crippen LogP contribution in [-0.2, 0) is 4.74 Å². The van der Waals surface area contributed by atoms with Crippen LogP contribution in [0.5, 0.6) is 5.75 Å². The van der Waals surface area contributed by atoms with Crippen LogP contribution in [0.1, 0.15) is 5.56 Å². The molecule has 4 rings (SSSR count). The number of nitrogens with one attached hydrogen (secondary N) is 2. The molecule has 0 aliphatic rings. The minimum atomic E-state index is 0.156. The van der Waals surface area contributed by atoms with E-state index in [1.54, 1.807) is 13.3 Å². The number of fused-ring (bicyclic) bond motifs is 1. The monoisotopic (exact) mass is 484 g/mol. The zero-order valence-corrected chi connectivity index (χ0v) is 17.2. The smallest absolute Gasteiger partial charge is 0.213 e. The summed E-state index contributed by atoms with van der Waals surface area (Å²) in [5.74, 6) is 0.924. The fourth-order valence-electron chi connectivity index (χ4n) is 3.09. The molecule has 28 heavy (non-hydrogen) atoms. The van der Waals surface area contributed by atoms with Crippen molar-refractivity contribution in [3.63, 3.8) is 0 Å². The molecule has 0 bridgehead atoms. The van der Waals surface area contributed by atoms with Crippen molar-refractivity contribution in [3.05, 3.63) is 66.4 Å². The van der Waals surface area contributed by atoms with Gasteiger partial charge in [0.15, 0.2) is 5.65 Å². The lowest BCUT2D eigenvalue weighted by Gasteiger charge is -2.08. The van der Waals surface area contributed by atoms with Gasteiger partial charge in [-0.25, -0.2) is 4.98 Å². The number of H-pyrrole nitrogens is 1. The predicted octanol–water partition coefficient (Wildman–Crippen LogP) is 5.03. The van der Waals surface area contributed by atoms with Crippen molar-refractivity contribution in [2.45, 2.75) is 0 Å². The van der Waals surface area contributed by atoms with Gasteiger partial charge in [0.1, 0.15) is 10.4 Å². The maximum absolute atomic E-state index is 8.01. The van der Waals surface area contributed by atoms with E-state index in [9.17, 15) is 0 Å². The maximum atomic E-state index is 8.01. The van der Waals surface area contributed by atoms with E-state index in [1.165, 1.54) is 0 Å². The zero-order valence-electron chi connectivity index (χ0n) is 15.1. The standard InChI is InChI=1S/C21H17IN4O2/c1-27-18-8-3-2-7-16(18)19-17-10-15(11-24-21(17)26-25-19)13-5-4-6-14(9-13)20(23)28-12-22/h2-11,23H,12H2,1H3,(H,24,25,26). The molecule has 0 unspecified atom stereocenters. The Kier molecular flexibility index (Phi) is 5.25. The second-order valence-electron chi connectivity index (χ2n) is 6.06. The molecule has 0 saturated carbocycles. The van der Waals surface area contributed by atoms with Gasteiger partial charge in [-0.1, -0.05) is 24.3 Å². The van der Waals surface area contributed by atoms with E-state index in [2.05, 4.69) is 43.8 Å². The number of benzene rings is 2. The highest BCUT2D eigenvalue weighted by Gasteiger charge is 2.14. The molecule has 2 aromatic carbocycles. The van der Waals surface area contributed by atoms with Crippen LogP contribution in [0.15, 0.2) is 60.8 Å². The first kappa shape index (κ1) is 18.4. The Labute approximate surface area is 175 Å². The minimum Gasteiger partial charge on any atom is -0.496 e. The van der Waals surface area contributed by atoms with Gasteiger partial charge >= 0.3 is 0 Å². The Hall–Kier alpha value is -2.94. The number of methoxy groups -OCH3 is 1. The first-order valence-corrected chi connectivity index (χ1v) is 10.1. The van der Waals surface area contributed by atoms with Crippen LogP contribution in [0.3, 0.4) is 0 Å². The van der Waals surface area contributed by atoms with Crippen molar-refractivity contribution in [3.8, 4) is 28.1 Å². The maximum Gasteiger partial charge on any atom is 0.213 e. The van der Waals surface area contributed by atoms with E-state index in [4.69, 9.17) is 14.9 Å². The first-order valence-electron chi connectivity index (χ1n) is 8.57. The van der Waals surface area contributed by atoms with Crippen LogP contribution < -0.4 is 4.74 Å². The minimum absolute atomic E-state index is 0.156. The lowest BCUT2D eigenvalue weighted by Crippen LogP contribution is -2.03. The van der Waals surface area contributed by atoms with Gasteiger partial charge in [-0.15, -0.1) is 0 Å². The summed E-state index contributed by atoms with van der Waals surface area (Å²) in [6, 6.07) is 17.6. The molecule has 2 aromatic heterocycles. The van der Waals surface area contributed by atoms with Crippen LogP contribution in [0, 0.1) is 5.41 Å². The Morgan fingerprint density at radius 2 is 1.96 bits per heavy atom. The zero-order chi connectivity index (χ0) is 19.5. The van der Waals surface area contributed by atoms with Gasteiger partial charge in [0, 0.05) is 28.3 Å². The summed E-state index contributed by atoms with van der Waals surface area (Å²) in [7, 11) is 1.65. The molecule has 0 radical (unpaired) electrons. The quantitative estimate of drug-likeness (QED) is 0.180. The molecule has 0 fully saturated rings. The largest absolute Gasteiger partial charge is 0.496 e. The molecule has 4 aromatic rings. The third kappa shape index (κ3) is 3.45. The number of pyridine rings is 1. The van der Waals surface area contributed by atoms with Crippen LogP contribution in [0.2, 0.25) is 0 Å². The Bertz CT molecular complexity index is 1160. The number of aromatic nitrogens is 3. The van der Waals surface area contributed by atoms with Gasteiger partial charge in [-0.3, -0.25) is 10.5 Å². The number of alkyl halides is 1. The third-order valence-electron chi connectivity index (χ3n) is 4.44. The molecule has 2 heterocycles. The fraction of sp³-hybridized carbons (Fsp3) is 0.0952. The fourth-order valence-corrected chi connectivity index (χ4v) is 3.40. The number of ether oxygens (including phenoxy) is 2. The number of halogens is 1. The summed E-state index contributed by atoms with van der Waals surface area (Å²) in [5, 5.41) is 16.3. The van der Waals surface area contributed by atoms with E-state index in [-0.39, 0.29) is 5.90 Å². The molecule has 140 valence electrons. The summed E-state index contributed by atoms with van der Waals surface area (Å²) in [6.45, 7) is 0. The average Bonchev–Trinajstić information content (AvgIpc) is 3.17. The Morgan fingerprint density at radius 1 is 1.11 bits per heavy atom. The van der Waals surface area contributed by atoms with Crippen molar-refractivity contribution in [1.82, 2.24) is 15.2 Å². The van der Waals surface area contributed by atoms with Crippen molar-refractivity contribution < 1.29 is 9.47 Å². The van der Waals surface area contributed by atoms with Gasteiger partial charge in [-0.2, -0.15) is 5.10 Å². The van der Waals surface area contributed by atoms with Gasteiger partial charge in [0.05, 0.1) is 12.8 Å². The van der Waals surface area contributed by atoms with Gasteiger partial charge < -0.3 is 9.47 Å². The molecular formula is C21H17IN4O2.